The Morgan fingerprint density at radius 3 is 2.10 bits per heavy atom. The van der Waals surface area contributed by atoms with Crippen molar-refractivity contribution in [3.05, 3.63) is 36.4 Å². The predicted molar refractivity (Wildman–Crippen MR) is 76.6 cm³/mol. The van der Waals surface area contributed by atoms with Crippen LogP contribution in [0.2, 0.25) is 0 Å². The molecule has 1 unspecified atom stereocenters. The largest absolute Gasteiger partial charge is 0.490 e. The van der Waals surface area contributed by atoms with Gasteiger partial charge in [0.25, 0.3) is 0 Å². The van der Waals surface area contributed by atoms with Gasteiger partial charge in [-0.25, -0.2) is 4.39 Å². The second-order valence-electron chi connectivity index (χ2n) is 4.74. The van der Waals surface area contributed by atoms with Crippen LogP contribution in [0.5, 0.6) is 11.5 Å². The second kappa shape index (κ2) is 9.32. The van der Waals surface area contributed by atoms with Crippen LogP contribution in [0.1, 0.15) is 32.6 Å². The number of hydrogen-bond donors (Lipinski definition) is 0. The van der Waals surface area contributed by atoms with E-state index in [0.717, 1.165) is 6.42 Å². The number of ether oxygens (including phenoxy) is 2. The minimum absolute atomic E-state index is 0.138. The molecule has 0 radical (unpaired) electrons. The molecule has 0 saturated carbocycles. The molecule has 0 spiro atoms. The van der Waals surface area contributed by atoms with E-state index in [2.05, 4.69) is 6.58 Å². The maximum atomic E-state index is 13.8. The van der Waals surface area contributed by atoms with E-state index >= 15 is 0 Å². The summed E-state index contributed by atoms with van der Waals surface area (Å²) in [5.74, 6) is -2.46. The van der Waals surface area contributed by atoms with Crippen LogP contribution in [0.15, 0.2) is 24.8 Å². The number of allylic oxidation sites excluding steroid dienone is 1. The van der Waals surface area contributed by atoms with Gasteiger partial charge in [0, 0.05) is 0 Å². The Hall–Kier alpha value is -1.65. The molecule has 0 aliphatic carbocycles. The Morgan fingerprint density at radius 1 is 1.10 bits per heavy atom. The van der Waals surface area contributed by atoms with Gasteiger partial charge in [-0.1, -0.05) is 6.08 Å². The van der Waals surface area contributed by atoms with Crippen molar-refractivity contribution in [3.8, 4) is 11.5 Å². The first-order chi connectivity index (χ1) is 10.1. The van der Waals surface area contributed by atoms with Crippen molar-refractivity contribution < 1.29 is 22.6 Å². The molecular weight excluding hydrogens is 281 g/mol. The zero-order valence-corrected chi connectivity index (χ0v) is 12.2. The molecule has 0 heterocycles. The van der Waals surface area contributed by atoms with E-state index in [9.17, 15) is 13.2 Å². The summed E-state index contributed by atoms with van der Waals surface area (Å²) in [6, 6.07) is 2.65. The smallest absolute Gasteiger partial charge is 0.204 e. The molecule has 0 N–H and O–H groups in total. The molecule has 118 valence electrons. The van der Waals surface area contributed by atoms with Crippen LogP contribution < -0.4 is 9.47 Å². The highest BCUT2D eigenvalue weighted by atomic mass is 19.2. The molecule has 1 rings (SSSR count). The Labute approximate surface area is 123 Å². The highest BCUT2D eigenvalue weighted by Gasteiger charge is 2.15. The number of hydrogen-bond acceptors (Lipinski definition) is 2. The first-order valence-electron chi connectivity index (χ1n) is 7.04. The summed E-state index contributed by atoms with van der Waals surface area (Å²) >= 11 is 0. The van der Waals surface area contributed by atoms with Gasteiger partial charge in [0.1, 0.15) is 0 Å². The fraction of sp³-hybridized carbons (Fsp3) is 0.500. The number of halogens is 3. The molecule has 5 heteroatoms. The van der Waals surface area contributed by atoms with Crippen LogP contribution in [-0.4, -0.2) is 19.4 Å². The molecule has 0 fully saturated rings. The Morgan fingerprint density at radius 2 is 1.62 bits per heavy atom. The summed E-state index contributed by atoms with van der Waals surface area (Å²) < 4.78 is 50.4. The zero-order chi connectivity index (χ0) is 15.7. The number of benzene rings is 1. The third kappa shape index (κ3) is 6.10. The van der Waals surface area contributed by atoms with E-state index in [1.54, 1.807) is 6.08 Å². The Balaban J connectivity index is 2.52. The third-order valence-electron chi connectivity index (χ3n) is 2.83. The number of alkyl halides is 1. The monoisotopic (exact) mass is 302 g/mol. The maximum absolute atomic E-state index is 13.8. The molecule has 0 aliphatic heterocycles. The van der Waals surface area contributed by atoms with Gasteiger partial charge in [0.2, 0.25) is 11.6 Å². The van der Waals surface area contributed by atoms with Gasteiger partial charge in [0.05, 0.1) is 19.4 Å². The fourth-order valence-electron chi connectivity index (χ4n) is 1.69. The van der Waals surface area contributed by atoms with Crippen molar-refractivity contribution >= 4 is 0 Å². The zero-order valence-electron chi connectivity index (χ0n) is 12.2. The lowest BCUT2D eigenvalue weighted by Crippen LogP contribution is -2.05. The SMILES string of the molecule is C=CCCCOc1ccc(OCCCC(C)F)c(F)c1F. The fourth-order valence-corrected chi connectivity index (χ4v) is 1.69. The van der Waals surface area contributed by atoms with Crippen molar-refractivity contribution in [1.29, 1.82) is 0 Å². The van der Waals surface area contributed by atoms with Crippen molar-refractivity contribution in [2.45, 2.75) is 38.8 Å². The van der Waals surface area contributed by atoms with Crippen molar-refractivity contribution in [3.63, 3.8) is 0 Å². The van der Waals surface area contributed by atoms with Crippen LogP contribution in [0.3, 0.4) is 0 Å². The Bertz CT molecular complexity index is 447. The molecule has 1 atom stereocenters. The van der Waals surface area contributed by atoms with Crippen LogP contribution in [0.25, 0.3) is 0 Å². The molecule has 0 aromatic heterocycles. The van der Waals surface area contributed by atoms with E-state index < -0.39 is 17.8 Å². The molecule has 21 heavy (non-hydrogen) atoms. The summed E-state index contributed by atoms with van der Waals surface area (Å²) in [5.41, 5.74) is 0. The lowest BCUT2D eigenvalue weighted by molar-refractivity contribution is 0.253. The first-order valence-corrected chi connectivity index (χ1v) is 7.04. The minimum Gasteiger partial charge on any atom is -0.490 e. The van der Waals surface area contributed by atoms with Crippen LogP contribution in [0.4, 0.5) is 13.2 Å². The first kappa shape index (κ1) is 17.4. The van der Waals surface area contributed by atoms with Gasteiger partial charge >= 0.3 is 0 Å². The average molecular weight is 302 g/mol. The predicted octanol–water partition coefficient (Wildman–Crippen LogP) is 4.83. The molecule has 2 nitrogen and oxygen atoms in total. The van der Waals surface area contributed by atoms with E-state index in [1.165, 1.54) is 19.1 Å². The van der Waals surface area contributed by atoms with Gasteiger partial charge in [0.15, 0.2) is 11.5 Å². The lowest BCUT2D eigenvalue weighted by Gasteiger charge is -2.11. The molecule has 0 bridgehead atoms. The quantitative estimate of drug-likeness (QED) is 0.455. The van der Waals surface area contributed by atoms with Crippen molar-refractivity contribution in [2.24, 2.45) is 0 Å². The summed E-state index contributed by atoms with van der Waals surface area (Å²) in [4.78, 5) is 0. The van der Waals surface area contributed by atoms with Crippen molar-refractivity contribution in [2.75, 3.05) is 13.2 Å². The van der Waals surface area contributed by atoms with Crippen LogP contribution in [-0.2, 0) is 0 Å². The Kier molecular flexibility index (Phi) is 7.72. The summed E-state index contributed by atoms with van der Waals surface area (Å²) in [5, 5.41) is 0. The van der Waals surface area contributed by atoms with E-state index in [-0.39, 0.29) is 24.7 Å². The normalized spacial score (nSPS) is 12.0. The molecular formula is C16H21F3O2. The minimum atomic E-state index is -1.08. The third-order valence-corrected chi connectivity index (χ3v) is 2.83. The van der Waals surface area contributed by atoms with E-state index in [0.29, 0.717) is 19.3 Å². The van der Waals surface area contributed by atoms with Gasteiger partial charge in [-0.3, -0.25) is 0 Å². The summed E-state index contributed by atoms with van der Waals surface area (Å²) in [6.07, 6.45) is 3.01. The molecule has 0 aliphatic rings. The molecule has 0 saturated heterocycles. The van der Waals surface area contributed by atoms with Crippen molar-refractivity contribution in [1.82, 2.24) is 0 Å². The van der Waals surface area contributed by atoms with Crippen LogP contribution >= 0.6 is 0 Å². The average Bonchev–Trinajstić information content (AvgIpc) is 2.45. The van der Waals surface area contributed by atoms with E-state index in [1.807, 2.05) is 0 Å². The molecule has 0 amide bonds. The molecule has 1 aromatic rings. The highest BCUT2D eigenvalue weighted by molar-refractivity contribution is 5.35. The second-order valence-corrected chi connectivity index (χ2v) is 4.74. The maximum Gasteiger partial charge on any atom is 0.204 e. The number of unbranched alkanes of at least 4 members (excludes halogenated alkanes) is 1. The summed E-state index contributed by atoms with van der Waals surface area (Å²) in [7, 11) is 0. The lowest BCUT2D eigenvalue weighted by atomic mass is 10.2. The standard InChI is InChI=1S/C16H21F3O2/c1-3-4-5-10-20-13-8-9-14(16(19)15(13)18)21-11-6-7-12(2)17/h3,8-9,12H,1,4-7,10-11H2,2H3. The highest BCUT2D eigenvalue weighted by Crippen LogP contribution is 2.28. The number of rotatable bonds is 10. The van der Waals surface area contributed by atoms with Gasteiger partial charge in [-0.2, -0.15) is 8.78 Å². The topological polar surface area (TPSA) is 18.5 Å². The van der Waals surface area contributed by atoms with Crippen LogP contribution in [0, 0.1) is 11.6 Å². The molecule has 1 aromatic carbocycles. The van der Waals surface area contributed by atoms with Gasteiger partial charge in [-0.05, 0) is 44.7 Å². The van der Waals surface area contributed by atoms with E-state index in [4.69, 9.17) is 9.47 Å². The summed E-state index contributed by atoms with van der Waals surface area (Å²) in [6.45, 7) is 5.44. The van der Waals surface area contributed by atoms with Gasteiger partial charge < -0.3 is 9.47 Å². The van der Waals surface area contributed by atoms with Gasteiger partial charge in [-0.15, -0.1) is 6.58 Å².